The van der Waals surface area contributed by atoms with Crippen molar-refractivity contribution >= 4 is 45.9 Å². The highest BCUT2D eigenvalue weighted by atomic mass is 16.6. The number of hydrogen-bond acceptors (Lipinski definition) is 10. The largest absolute Gasteiger partial charge is 0.444 e. The lowest BCUT2D eigenvalue weighted by Gasteiger charge is -2.45. The molecule has 0 spiro atoms. The van der Waals surface area contributed by atoms with Gasteiger partial charge in [0.2, 0.25) is 17.5 Å². The lowest BCUT2D eigenvalue weighted by Crippen LogP contribution is -2.60. The number of ether oxygens (including phenoxy) is 1. The molecule has 3 heterocycles. The molecular weight excluding hydrogens is 564 g/mol. The Kier molecular flexibility index (Phi) is 8.86. The maximum atomic E-state index is 13.8. The summed E-state index contributed by atoms with van der Waals surface area (Å²) in [6.45, 7) is 13.9. The van der Waals surface area contributed by atoms with Gasteiger partial charge in [-0.15, -0.1) is 0 Å². The van der Waals surface area contributed by atoms with Crippen LogP contribution in [-0.2, 0) is 4.74 Å². The minimum absolute atomic E-state index is 0.0678. The molecule has 0 radical (unpaired) electrons. The standard InChI is InChI=1S/C31H40N8O5/c1-6-35(7-2)22-19-38(20-22)29-33-25(28(40)32-24-14-10-12-21-11-8-9-13-23(21)24)26(39(42)43)27(34-29)36-15-17-37(18-16-36)30(41)44-31(3,4)5/h8-14,22H,6-7,15-20H2,1-5H3,(H,32,40). The molecule has 2 aliphatic heterocycles. The third-order valence-electron chi connectivity index (χ3n) is 7.99. The average molecular weight is 605 g/mol. The van der Waals surface area contributed by atoms with Crippen molar-refractivity contribution in [1.29, 1.82) is 0 Å². The number of carbonyl (C=O) groups is 2. The quantitative estimate of drug-likeness (QED) is 0.291. The van der Waals surface area contributed by atoms with Crippen LogP contribution < -0.4 is 15.1 Å². The molecule has 13 nitrogen and oxygen atoms in total. The Morgan fingerprint density at radius 2 is 1.66 bits per heavy atom. The zero-order chi connectivity index (χ0) is 31.6. The van der Waals surface area contributed by atoms with E-state index in [0.717, 1.165) is 23.9 Å². The first-order chi connectivity index (χ1) is 21.0. The number of carbonyl (C=O) groups excluding carboxylic acids is 2. The maximum Gasteiger partial charge on any atom is 0.410 e. The number of fused-ring (bicyclic) bond motifs is 1. The van der Waals surface area contributed by atoms with Crippen LogP contribution >= 0.6 is 0 Å². The topological polar surface area (TPSA) is 137 Å². The summed E-state index contributed by atoms with van der Waals surface area (Å²) in [5.74, 6) is -0.351. The fraction of sp³-hybridized carbons (Fsp3) is 0.484. The van der Waals surface area contributed by atoms with E-state index in [4.69, 9.17) is 4.74 Å². The summed E-state index contributed by atoms with van der Waals surface area (Å²) in [6, 6.07) is 13.4. The van der Waals surface area contributed by atoms with Gasteiger partial charge in [0.15, 0.2) is 0 Å². The molecule has 2 aliphatic rings. The van der Waals surface area contributed by atoms with Crippen molar-refractivity contribution in [3.63, 3.8) is 0 Å². The highest BCUT2D eigenvalue weighted by molar-refractivity contribution is 6.11. The molecule has 2 saturated heterocycles. The molecule has 2 fully saturated rings. The van der Waals surface area contributed by atoms with Crippen LogP contribution in [0.25, 0.3) is 10.8 Å². The molecule has 234 valence electrons. The van der Waals surface area contributed by atoms with Crippen molar-refractivity contribution in [3.8, 4) is 0 Å². The van der Waals surface area contributed by atoms with Crippen LogP contribution in [0.3, 0.4) is 0 Å². The third-order valence-corrected chi connectivity index (χ3v) is 7.99. The Morgan fingerprint density at radius 3 is 2.30 bits per heavy atom. The zero-order valence-electron chi connectivity index (χ0n) is 25.9. The van der Waals surface area contributed by atoms with E-state index in [1.165, 1.54) is 0 Å². The third kappa shape index (κ3) is 6.52. The summed E-state index contributed by atoms with van der Waals surface area (Å²) in [4.78, 5) is 55.3. The molecule has 13 heteroatoms. The second-order valence-electron chi connectivity index (χ2n) is 12.0. The first-order valence-corrected chi connectivity index (χ1v) is 15.1. The van der Waals surface area contributed by atoms with E-state index in [9.17, 15) is 19.7 Å². The van der Waals surface area contributed by atoms with E-state index in [1.54, 1.807) is 36.6 Å². The van der Waals surface area contributed by atoms with Crippen LogP contribution in [0, 0.1) is 10.1 Å². The van der Waals surface area contributed by atoms with E-state index in [2.05, 4.69) is 34.0 Å². The van der Waals surface area contributed by atoms with Crippen LogP contribution in [0.5, 0.6) is 0 Å². The minimum Gasteiger partial charge on any atom is -0.444 e. The average Bonchev–Trinajstić information content (AvgIpc) is 2.97. The second kappa shape index (κ2) is 12.6. The van der Waals surface area contributed by atoms with E-state index in [0.29, 0.717) is 24.8 Å². The van der Waals surface area contributed by atoms with Crippen molar-refractivity contribution in [2.24, 2.45) is 0 Å². The molecule has 2 aromatic carbocycles. The van der Waals surface area contributed by atoms with Crippen LogP contribution in [0.4, 0.5) is 27.9 Å². The predicted molar refractivity (Wildman–Crippen MR) is 170 cm³/mol. The molecule has 0 aliphatic carbocycles. The van der Waals surface area contributed by atoms with Crippen molar-refractivity contribution in [2.75, 3.05) is 67.5 Å². The van der Waals surface area contributed by atoms with E-state index in [-0.39, 0.29) is 43.6 Å². The van der Waals surface area contributed by atoms with Crippen molar-refractivity contribution in [1.82, 2.24) is 19.8 Å². The number of nitrogens with zero attached hydrogens (tertiary/aromatic N) is 7. The Balaban J connectivity index is 1.48. The van der Waals surface area contributed by atoms with Crippen molar-refractivity contribution < 1.29 is 19.2 Å². The summed E-state index contributed by atoms with van der Waals surface area (Å²) >= 11 is 0. The summed E-state index contributed by atoms with van der Waals surface area (Å²) in [7, 11) is 0. The molecule has 0 saturated carbocycles. The second-order valence-corrected chi connectivity index (χ2v) is 12.0. The van der Waals surface area contributed by atoms with Crippen LogP contribution in [0.2, 0.25) is 0 Å². The molecule has 0 bridgehead atoms. The van der Waals surface area contributed by atoms with Gasteiger partial charge >= 0.3 is 11.8 Å². The lowest BCUT2D eigenvalue weighted by atomic mass is 10.1. The number of anilines is 3. The van der Waals surface area contributed by atoms with Gasteiger partial charge in [0.05, 0.1) is 4.92 Å². The number of nitrogens with one attached hydrogen (secondary N) is 1. The van der Waals surface area contributed by atoms with E-state index in [1.807, 2.05) is 41.3 Å². The van der Waals surface area contributed by atoms with Crippen LogP contribution in [0.1, 0.15) is 45.1 Å². The normalized spacial score (nSPS) is 15.8. The highest BCUT2D eigenvalue weighted by Gasteiger charge is 2.38. The predicted octanol–water partition coefficient (Wildman–Crippen LogP) is 4.38. The van der Waals surface area contributed by atoms with Gasteiger partial charge in [-0.1, -0.05) is 50.2 Å². The molecule has 44 heavy (non-hydrogen) atoms. The molecule has 0 atom stereocenters. The van der Waals surface area contributed by atoms with Crippen LogP contribution in [0.15, 0.2) is 42.5 Å². The molecule has 1 N–H and O–H groups in total. The van der Waals surface area contributed by atoms with Gasteiger partial charge in [-0.2, -0.15) is 4.98 Å². The first kappa shape index (κ1) is 30.9. The Bertz CT molecular complexity index is 1530. The Morgan fingerprint density at radius 1 is 1.00 bits per heavy atom. The van der Waals surface area contributed by atoms with E-state index < -0.39 is 28.2 Å². The van der Waals surface area contributed by atoms with Gasteiger partial charge in [-0.05, 0) is 45.3 Å². The Hall–Kier alpha value is -4.52. The minimum atomic E-state index is -0.689. The lowest BCUT2D eigenvalue weighted by molar-refractivity contribution is -0.384. The molecule has 0 unspecified atom stereocenters. The number of amides is 2. The molecule has 2 amide bonds. The highest BCUT2D eigenvalue weighted by Crippen LogP contribution is 2.35. The van der Waals surface area contributed by atoms with Gasteiger partial charge in [0, 0.05) is 56.4 Å². The van der Waals surface area contributed by atoms with Gasteiger partial charge in [-0.25, -0.2) is 9.78 Å². The SMILES string of the molecule is CCN(CC)C1CN(c2nc(C(=O)Nc3cccc4ccccc34)c([N+](=O)[O-])c(N3CCN(C(=O)OC(C)(C)C)CC3)n2)C1. The van der Waals surface area contributed by atoms with Crippen molar-refractivity contribution in [3.05, 3.63) is 58.3 Å². The summed E-state index contributed by atoms with van der Waals surface area (Å²) < 4.78 is 5.51. The zero-order valence-corrected chi connectivity index (χ0v) is 25.9. The molecule has 5 rings (SSSR count). The smallest absolute Gasteiger partial charge is 0.410 e. The van der Waals surface area contributed by atoms with Crippen LogP contribution in [-0.4, -0.2) is 101 Å². The van der Waals surface area contributed by atoms with Gasteiger partial charge in [-0.3, -0.25) is 19.8 Å². The number of rotatable bonds is 8. The number of hydrogen-bond donors (Lipinski definition) is 1. The fourth-order valence-corrected chi connectivity index (χ4v) is 5.65. The summed E-state index contributed by atoms with van der Waals surface area (Å²) in [6.07, 6.45) is -0.437. The molecule has 1 aromatic heterocycles. The maximum absolute atomic E-state index is 13.8. The summed E-state index contributed by atoms with van der Waals surface area (Å²) in [5, 5.41) is 17.2. The Labute approximate surface area is 256 Å². The van der Waals surface area contributed by atoms with Gasteiger partial charge < -0.3 is 24.8 Å². The first-order valence-electron chi connectivity index (χ1n) is 15.1. The van der Waals surface area contributed by atoms with Crippen molar-refractivity contribution in [2.45, 2.75) is 46.3 Å². The number of likely N-dealkylation sites (N-methyl/N-ethyl adjacent to an activating group) is 1. The van der Waals surface area contributed by atoms with E-state index >= 15 is 0 Å². The fourth-order valence-electron chi connectivity index (χ4n) is 5.65. The number of nitro groups is 1. The van der Waals surface area contributed by atoms with Gasteiger partial charge in [0.1, 0.15) is 5.60 Å². The number of piperazine rings is 1. The number of benzene rings is 2. The monoisotopic (exact) mass is 604 g/mol. The van der Waals surface area contributed by atoms with Gasteiger partial charge in [0.25, 0.3) is 5.91 Å². The molecule has 3 aromatic rings. The summed E-state index contributed by atoms with van der Waals surface area (Å²) in [5.41, 5.74) is -0.872. The molecular formula is C31H40N8O5. The number of aromatic nitrogens is 2.